The van der Waals surface area contributed by atoms with E-state index in [2.05, 4.69) is 4.98 Å². The van der Waals surface area contributed by atoms with Crippen LogP contribution in [0.5, 0.6) is 17.4 Å². The summed E-state index contributed by atoms with van der Waals surface area (Å²) in [6.07, 6.45) is 0.698. The summed E-state index contributed by atoms with van der Waals surface area (Å²) >= 11 is 0. The fraction of sp³-hybridized carbons (Fsp3) is 0.190. The van der Waals surface area contributed by atoms with Gasteiger partial charge in [-0.3, -0.25) is 0 Å². The molecule has 0 aliphatic heterocycles. The number of rotatable bonds is 7. The van der Waals surface area contributed by atoms with Gasteiger partial charge in [0.15, 0.2) is 0 Å². The number of benzene rings is 2. The van der Waals surface area contributed by atoms with Crippen molar-refractivity contribution in [3.05, 3.63) is 83.6 Å². The molecule has 0 amide bonds. The number of aliphatic hydroxyl groups excluding tert-OH is 1. The van der Waals surface area contributed by atoms with E-state index in [0.717, 1.165) is 5.56 Å². The number of aromatic nitrogens is 1. The average molecular weight is 351 g/mol. The normalized spacial score (nSPS) is 11.7. The van der Waals surface area contributed by atoms with Gasteiger partial charge >= 0.3 is 0 Å². The first-order chi connectivity index (χ1) is 12.7. The molecule has 0 saturated heterocycles. The Hall–Kier alpha value is -3.05. The number of pyridine rings is 1. The minimum atomic E-state index is -0.886. The summed E-state index contributed by atoms with van der Waals surface area (Å²) in [4.78, 5) is 4.14. The van der Waals surface area contributed by atoms with Crippen LogP contribution >= 0.6 is 0 Å². The molecule has 1 N–H and O–H groups in total. The van der Waals surface area contributed by atoms with Gasteiger partial charge in [0, 0.05) is 23.4 Å². The van der Waals surface area contributed by atoms with Gasteiger partial charge in [-0.2, -0.15) is 0 Å². The third-order valence-electron chi connectivity index (χ3n) is 4.03. The lowest BCUT2D eigenvalue weighted by Crippen LogP contribution is -2.04. The molecule has 0 saturated carbocycles. The molecule has 5 heteroatoms. The zero-order valence-electron chi connectivity index (χ0n) is 14.8. The highest BCUT2D eigenvalue weighted by molar-refractivity contribution is 5.45. The van der Waals surface area contributed by atoms with E-state index in [1.807, 2.05) is 36.4 Å². The summed E-state index contributed by atoms with van der Waals surface area (Å²) in [5, 5.41) is 10.8. The molecule has 1 heterocycles. The molecule has 3 aromatic rings. The van der Waals surface area contributed by atoms with Gasteiger partial charge in [-0.1, -0.05) is 30.3 Å². The van der Waals surface area contributed by atoms with Gasteiger partial charge in [0.05, 0.1) is 14.2 Å². The fourth-order valence-electron chi connectivity index (χ4n) is 2.61. The molecular weight excluding hydrogens is 330 g/mol. The van der Waals surface area contributed by atoms with Crippen molar-refractivity contribution in [3.63, 3.8) is 0 Å². The third kappa shape index (κ3) is 4.13. The summed E-state index contributed by atoms with van der Waals surface area (Å²) in [7, 11) is 3.12. The molecule has 0 aliphatic rings. The molecule has 26 heavy (non-hydrogen) atoms. The van der Waals surface area contributed by atoms with Gasteiger partial charge < -0.3 is 19.3 Å². The Bertz CT molecular complexity index is 834. The van der Waals surface area contributed by atoms with Gasteiger partial charge in [-0.25, -0.2) is 4.98 Å². The fourth-order valence-corrected chi connectivity index (χ4v) is 2.61. The SMILES string of the molecule is COc1ccc(C(O)c2cc(OCc3ccccc3)ccc2OC)cn1. The number of aliphatic hydroxyl groups is 1. The van der Waals surface area contributed by atoms with Gasteiger partial charge in [0.2, 0.25) is 5.88 Å². The summed E-state index contributed by atoms with van der Waals surface area (Å²) in [6, 6.07) is 18.8. The lowest BCUT2D eigenvalue weighted by Gasteiger charge is -2.17. The van der Waals surface area contributed by atoms with Crippen LogP contribution in [0, 0.1) is 0 Å². The predicted molar refractivity (Wildman–Crippen MR) is 98.6 cm³/mol. The molecule has 134 valence electrons. The molecule has 0 fully saturated rings. The lowest BCUT2D eigenvalue weighted by molar-refractivity contribution is 0.212. The Balaban J connectivity index is 1.82. The van der Waals surface area contributed by atoms with Crippen LogP contribution in [0.3, 0.4) is 0 Å². The van der Waals surface area contributed by atoms with Crippen LogP contribution in [0.2, 0.25) is 0 Å². The smallest absolute Gasteiger partial charge is 0.212 e. The van der Waals surface area contributed by atoms with Crippen LogP contribution in [0.15, 0.2) is 66.9 Å². The van der Waals surface area contributed by atoms with Crippen molar-refractivity contribution in [2.75, 3.05) is 14.2 Å². The first kappa shape index (κ1) is 17.8. The van der Waals surface area contributed by atoms with E-state index in [0.29, 0.717) is 35.1 Å². The minimum absolute atomic E-state index is 0.451. The second-order valence-electron chi connectivity index (χ2n) is 5.71. The lowest BCUT2D eigenvalue weighted by atomic mass is 10.0. The minimum Gasteiger partial charge on any atom is -0.496 e. The Morgan fingerprint density at radius 3 is 2.42 bits per heavy atom. The van der Waals surface area contributed by atoms with Crippen LogP contribution in [0.25, 0.3) is 0 Å². The van der Waals surface area contributed by atoms with Crippen molar-refractivity contribution < 1.29 is 19.3 Å². The molecule has 0 bridgehead atoms. The topological polar surface area (TPSA) is 60.8 Å². The number of nitrogens with zero attached hydrogens (tertiary/aromatic N) is 1. The van der Waals surface area contributed by atoms with E-state index in [1.54, 1.807) is 44.7 Å². The highest BCUT2D eigenvalue weighted by Crippen LogP contribution is 2.33. The van der Waals surface area contributed by atoms with Crippen molar-refractivity contribution in [3.8, 4) is 17.4 Å². The van der Waals surface area contributed by atoms with E-state index in [1.165, 1.54) is 0 Å². The highest BCUT2D eigenvalue weighted by Gasteiger charge is 2.17. The molecular formula is C21H21NO4. The maximum Gasteiger partial charge on any atom is 0.212 e. The number of methoxy groups -OCH3 is 2. The van der Waals surface area contributed by atoms with Crippen molar-refractivity contribution in [2.24, 2.45) is 0 Å². The third-order valence-corrected chi connectivity index (χ3v) is 4.03. The monoisotopic (exact) mass is 351 g/mol. The van der Waals surface area contributed by atoms with E-state index < -0.39 is 6.10 Å². The molecule has 1 aromatic heterocycles. The molecule has 0 aliphatic carbocycles. The Morgan fingerprint density at radius 2 is 1.77 bits per heavy atom. The number of hydrogen-bond acceptors (Lipinski definition) is 5. The highest BCUT2D eigenvalue weighted by atomic mass is 16.5. The van der Waals surface area contributed by atoms with Crippen LogP contribution < -0.4 is 14.2 Å². The van der Waals surface area contributed by atoms with Crippen molar-refractivity contribution >= 4 is 0 Å². The van der Waals surface area contributed by atoms with Crippen molar-refractivity contribution in [1.82, 2.24) is 4.98 Å². The van der Waals surface area contributed by atoms with Gasteiger partial charge in [0.1, 0.15) is 24.2 Å². The van der Waals surface area contributed by atoms with Gasteiger partial charge in [-0.15, -0.1) is 0 Å². The summed E-state index contributed by atoms with van der Waals surface area (Å²) in [5.41, 5.74) is 2.33. The summed E-state index contributed by atoms with van der Waals surface area (Å²) < 4.78 is 16.3. The van der Waals surface area contributed by atoms with Gasteiger partial charge in [0.25, 0.3) is 0 Å². The van der Waals surface area contributed by atoms with Gasteiger partial charge in [-0.05, 0) is 29.8 Å². The van der Waals surface area contributed by atoms with Crippen LogP contribution in [0.1, 0.15) is 22.8 Å². The molecule has 0 radical (unpaired) electrons. The quantitative estimate of drug-likeness (QED) is 0.702. The first-order valence-electron chi connectivity index (χ1n) is 8.24. The largest absolute Gasteiger partial charge is 0.496 e. The Morgan fingerprint density at radius 1 is 0.962 bits per heavy atom. The van der Waals surface area contributed by atoms with Crippen LogP contribution in [-0.2, 0) is 6.61 Å². The molecule has 2 aromatic carbocycles. The number of hydrogen-bond donors (Lipinski definition) is 1. The van der Waals surface area contributed by atoms with Crippen LogP contribution in [-0.4, -0.2) is 24.3 Å². The zero-order chi connectivity index (χ0) is 18.4. The Kier molecular flexibility index (Phi) is 5.71. The zero-order valence-corrected chi connectivity index (χ0v) is 14.8. The molecule has 1 atom stereocenters. The van der Waals surface area contributed by atoms with E-state index in [9.17, 15) is 5.11 Å². The van der Waals surface area contributed by atoms with E-state index >= 15 is 0 Å². The molecule has 1 unspecified atom stereocenters. The van der Waals surface area contributed by atoms with Crippen molar-refractivity contribution in [1.29, 1.82) is 0 Å². The number of ether oxygens (including phenoxy) is 3. The standard InChI is InChI=1S/C21H21NO4/c1-24-19-10-9-17(26-14-15-6-4-3-5-7-15)12-18(19)21(23)16-8-11-20(25-2)22-13-16/h3-13,21,23H,14H2,1-2H3. The average Bonchev–Trinajstić information content (AvgIpc) is 2.72. The van der Waals surface area contributed by atoms with E-state index in [4.69, 9.17) is 14.2 Å². The Labute approximate surface area is 152 Å². The first-order valence-corrected chi connectivity index (χ1v) is 8.24. The van der Waals surface area contributed by atoms with Crippen LogP contribution in [0.4, 0.5) is 0 Å². The van der Waals surface area contributed by atoms with E-state index in [-0.39, 0.29) is 0 Å². The summed E-state index contributed by atoms with van der Waals surface area (Å²) in [5.74, 6) is 1.73. The maximum atomic E-state index is 10.8. The maximum absolute atomic E-state index is 10.8. The second-order valence-corrected chi connectivity index (χ2v) is 5.71. The molecule has 0 spiro atoms. The van der Waals surface area contributed by atoms with Crippen molar-refractivity contribution in [2.45, 2.75) is 12.7 Å². The predicted octanol–water partition coefficient (Wildman–Crippen LogP) is 3.76. The molecule has 3 rings (SSSR count). The summed E-state index contributed by atoms with van der Waals surface area (Å²) in [6.45, 7) is 0.451. The second kappa shape index (κ2) is 8.36. The molecule has 5 nitrogen and oxygen atoms in total.